The third-order valence-electron chi connectivity index (χ3n) is 3.72. The van der Waals surface area contributed by atoms with Gasteiger partial charge in [-0.3, -0.25) is 0 Å². The van der Waals surface area contributed by atoms with Crippen LogP contribution < -0.4 is 5.32 Å². The molecule has 1 saturated heterocycles. The van der Waals surface area contributed by atoms with E-state index in [0.717, 1.165) is 25.9 Å². The van der Waals surface area contributed by atoms with Gasteiger partial charge in [-0.15, -0.1) is 22.7 Å². The summed E-state index contributed by atoms with van der Waals surface area (Å²) in [4.78, 5) is 16.7. The van der Waals surface area contributed by atoms with E-state index in [9.17, 15) is 4.79 Å². The Hall–Kier alpha value is -1.33. The Balaban J connectivity index is 1.46. The summed E-state index contributed by atoms with van der Waals surface area (Å²) in [5.74, 6) is 0.636. The summed E-state index contributed by atoms with van der Waals surface area (Å²) in [5, 5.41) is 7.17. The van der Waals surface area contributed by atoms with Crippen LogP contribution in [-0.2, 0) is 6.54 Å². The average Bonchev–Trinajstić information content (AvgIpc) is 3.18. The Labute approximate surface area is 127 Å². The van der Waals surface area contributed by atoms with E-state index in [2.05, 4.69) is 22.8 Å². The number of likely N-dealkylation sites (tertiary alicyclic amines) is 1. The van der Waals surface area contributed by atoms with Gasteiger partial charge in [-0.2, -0.15) is 0 Å². The van der Waals surface area contributed by atoms with E-state index in [-0.39, 0.29) is 6.03 Å². The SMILES string of the molecule is O=C(NCc1cccs1)N1CCC(c2cccs2)CC1. The molecule has 0 unspecified atom stereocenters. The number of piperidine rings is 1. The van der Waals surface area contributed by atoms with Crippen molar-refractivity contribution in [1.29, 1.82) is 0 Å². The number of hydrogen-bond donors (Lipinski definition) is 1. The van der Waals surface area contributed by atoms with Crippen molar-refractivity contribution in [1.82, 2.24) is 10.2 Å². The summed E-state index contributed by atoms with van der Waals surface area (Å²) in [7, 11) is 0. The zero-order valence-electron chi connectivity index (χ0n) is 11.2. The van der Waals surface area contributed by atoms with Gasteiger partial charge in [0.15, 0.2) is 0 Å². The van der Waals surface area contributed by atoms with Crippen LogP contribution in [0.1, 0.15) is 28.5 Å². The first-order valence-corrected chi connectivity index (χ1v) is 8.67. The number of amides is 2. The van der Waals surface area contributed by atoms with Crippen LogP contribution >= 0.6 is 22.7 Å². The zero-order chi connectivity index (χ0) is 13.8. The lowest BCUT2D eigenvalue weighted by Crippen LogP contribution is -2.43. The zero-order valence-corrected chi connectivity index (χ0v) is 12.9. The second kappa shape index (κ2) is 6.41. The maximum absolute atomic E-state index is 12.1. The highest BCUT2D eigenvalue weighted by Crippen LogP contribution is 2.30. The molecule has 0 spiro atoms. The lowest BCUT2D eigenvalue weighted by molar-refractivity contribution is 0.181. The van der Waals surface area contributed by atoms with Crippen LogP contribution in [0.15, 0.2) is 35.0 Å². The minimum atomic E-state index is 0.0722. The van der Waals surface area contributed by atoms with Gasteiger partial charge in [-0.05, 0) is 41.7 Å². The number of thiophene rings is 2. The molecule has 20 heavy (non-hydrogen) atoms. The van der Waals surface area contributed by atoms with E-state index in [0.29, 0.717) is 12.5 Å². The molecular weight excluding hydrogens is 288 g/mol. The maximum atomic E-state index is 12.1. The molecule has 1 fully saturated rings. The van der Waals surface area contributed by atoms with Crippen LogP contribution in [0.25, 0.3) is 0 Å². The monoisotopic (exact) mass is 306 g/mol. The molecule has 3 nitrogen and oxygen atoms in total. The van der Waals surface area contributed by atoms with Crippen molar-refractivity contribution in [3.8, 4) is 0 Å². The Kier molecular flexibility index (Phi) is 4.38. The predicted octanol–water partition coefficient (Wildman–Crippen LogP) is 3.90. The van der Waals surface area contributed by atoms with Crippen LogP contribution in [-0.4, -0.2) is 24.0 Å². The smallest absolute Gasteiger partial charge is 0.317 e. The Morgan fingerprint density at radius 2 is 1.95 bits per heavy atom. The van der Waals surface area contributed by atoms with E-state index in [1.54, 1.807) is 11.3 Å². The topological polar surface area (TPSA) is 32.3 Å². The first-order valence-electron chi connectivity index (χ1n) is 6.91. The molecule has 0 bridgehead atoms. The Bertz CT molecular complexity index is 528. The van der Waals surface area contributed by atoms with Gasteiger partial charge in [0.25, 0.3) is 0 Å². The maximum Gasteiger partial charge on any atom is 0.317 e. The second-order valence-corrected chi connectivity index (χ2v) is 7.03. The number of nitrogens with one attached hydrogen (secondary N) is 1. The van der Waals surface area contributed by atoms with Gasteiger partial charge >= 0.3 is 6.03 Å². The number of urea groups is 1. The van der Waals surface area contributed by atoms with Crippen molar-refractivity contribution in [2.24, 2.45) is 0 Å². The summed E-state index contributed by atoms with van der Waals surface area (Å²) in [6, 6.07) is 8.46. The molecule has 0 atom stereocenters. The fourth-order valence-electron chi connectivity index (χ4n) is 2.58. The largest absolute Gasteiger partial charge is 0.333 e. The third kappa shape index (κ3) is 3.22. The van der Waals surface area contributed by atoms with Crippen molar-refractivity contribution >= 4 is 28.7 Å². The molecule has 0 radical (unpaired) electrons. The number of nitrogens with zero attached hydrogens (tertiary/aromatic N) is 1. The van der Waals surface area contributed by atoms with Gasteiger partial charge < -0.3 is 10.2 Å². The van der Waals surface area contributed by atoms with Gasteiger partial charge in [0.05, 0.1) is 6.54 Å². The summed E-state index contributed by atoms with van der Waals surface area (Å²) < 4.78 is 0. The summed E-state index contributed by atoms with van der Waals surface area (Å²) in [6.45, 7) is 2.36. The van der Waals surface area contributed by atoms with Gasteiger partial charge in [0.2, 0.25) is 0 Å². The first kappa shape index (κ1) is 13.6. The lowest BCUT2D eigenvalue weighted by atomic mass is 9.95. The van der Waals surface area contributed by atoms with Gasteiger partial charge in [0, 0.05) is 22.8 Å². The predicted molar refractivity (Wildman–Crippen MR) is 84.4 cm³/mol. The normalized spacial score (nSPS) is 16.3. The molecule has 2 aromatic heterocycles. The molecule has 3 heterocycles. The average molecular weight is 306 g/mol. The van der Waals surface area contributed by atoms with Crippen LogP contribution in [0.2, 0.25) is 0 Å². The van der Waals surface area contributed by atoms with Gasteiger partial charge in [0.1, 0.15) is 0 Å². The summed E-state index contributed by atoms with van der Waals surface area (Å²) >= 11 is 3.51. The molecule has 0 aliphatic carbocycles. The molecule has 1 aliphatic rings. The minimum Gasteiger partial charge on any atom is -0.333 e. The molecule has 2 amide bonds. The Morgan fingerprint density at radius 1 is 1.20 bits per heavy atom. The molecule has 0 saturated carbocycles. The Morgan fingerprint density at radius 3 is 2.60 bits per heavy atom. The lowest BCUT2D eigenvalue weighted by Gasteiger charge is -2.31. The van der Waals surface area contributed by atoms with Crippen LogP contribution in [0.4, 0.5) is 4.79 Å². The van der Waals surface area contributed by atoms with Crippen molar-refractivity contribution in [2.45, 2.75) is 25.3 Å². The molecule has 106 valence electrons. The van der Waals surface area contributed by atoms with E-state index in [4.69, 9.17) is 0 Å². The number of rotatable bonds is 3. The highest BCUT2D eigenvalue weighted by Gasteiger charge is 2.24. The molecule has 1 aliphatic heterocycles. The molecule has 2 aromatic rings. The second-order valence-electron chi connectivity index (χ2n) is 5.01. The number of hydrogen-bond acceptors (Lipinski definition) is 3. The van der Waals surface area contributed by atoms with E-state index in [1.165, 1.54) is 9.75 Å². The number of carbonyl (C=O) groups excluding carboxylic acids is 1. The standard InChI is InChI=1S/C15H18N2OS2/c18-15(16-11-13-3-1-9-19-13)17-7-5-12(6-8-17)14-4-2-10-20-14/h1-4,9-10,12H,5-8,11H2,(H,16,18). The molecule has 1 N–H and O–H groups in total. The molecule has 5 heteroatoms. The summed E-state index contributed by atoms with van der Waals surface area (Å²) in [6.07, 6.45) is 2.15. The van der Waals surface area contributed by atoms with Crippen molar-refractivity contribution in [3.63, 3.8) is 0 Å². The fourth-order valence-corrected chi connectivity index (χ4v) is 4.12. The highest BCUT2D eigenvalue weighted by molar-refractivity contribution is 7.10. The molecule has 0 aromatic carbocycles. The first-order chi connectivity index (χ1) is 9.83. The highest BCUT2D eigenvalue weighted by atomic mass is 32.1. The van der Waals surface area contributed by atoms with Crippen molar-refractivity contribution in [2.75, 3.05) is 13.1 Å². The minimum absolute atomic E-state index is 0.0722. The summed E-state index contributed by atoms with van der Waals surface area (Å²) in [5.41, 5.74) is 0. The van der Waals surface area contributed by atoms with E-state index < -0.39 is 0 Å². The number of carbonyl (C=O) groups is 1. The van der Waals surface area contributed by atoms with Gasteiger partial charge in [-0.1, -0.05) is 12.1 Å². The molecule has 3 rings (SSSR count). The van der Waals surface area contributed by atoms with Gasteiger partial charge in [-0.25, -0.2) is 4.79 Å². The van der Waals surface area contributed by atoms with E-state index in [1.807, 2.05) is 33.7 Å². The fraction of sp³-hybridized carbons (Fsp3) is 0.400. The molecular formula is C15H18N2OS2. The third-order valence-corrected chi connectivity index (χ3v) is 5.63. The van der Waals surface area contributed by atoms with Crippen molar-refractivity contribution < 1.29 is 4.79 Å². The van der Waals surface area contributed by atoms with Crippen molar-refractivity contribution in [3.05, 3.63) is 44.8 Å². The quantitative estimate of drug-likeness (QED) is 0.916. The van der Waals surface area contributed by atoms with Crippen LogP contribution in [0.3, 0.4) is 0 Å². The van der Waals surface area contributed by atoms with Crippen LogP contribution in [0, 0.1) is 0 Å². The van der Waals surface area contributed by atoms with Crippen LogP contribution in [0.5, 0.6) is 0 Å². The van der Waals surface area contributed by atoms with E-state index >= 15 is 0 Å².